The summed E-state index contributed by atoms with van der Waals surface area (Å²) in [6.07, 6.45) is 4.36. The van der Waals surface area contributed by atoms with Gasteiger partial charge in [0.2, 0.25) is 5.71 Å². The molecule has 1 fully saturated rings. The van der Waals surface area contributed by atoms with Crippen molar-refractivity contribution >= 4 is 11.1 Å². The third kappa shape index (κ3) is 3.68. The molecule has 3 aromatic heterocycles. The van der Waals surface area contributed by atoms with Crippen LogP contribution in [0.15, 0.2) is 77.6 Å². The summed E-state index contributed by atoms with van der Waals surface area (Å²) < 4.78 is 27.6. The molecule has 0 bridgehead atoms. The van der Waals surface area contributed by atoms with E-state index in [9.17, 15) is 4.39 Å². The summed E-state index contributed by atoms with van der Waals surface area (Å²) in [5.41, 5.74) is 4.37. The Kier molecular flexibility index (Phi) is 4.81. The average Bonchev–Trinajstić information content (AvgIpc) is 3.56. The Hall–Kier alpha value is -3.84. The number of furan rings is 1. The van der Waals surface area contributed by atoms with Crippen LogP contribution in [0.3, 0.4) is 0 Å². The molecule has 0 unspecified atom stereocenters. The molecule has 5 aromatic rings. The van der Waals surface area contributed by atoms with E-state index in [0.29, 0.717) is 12.3 Å². The molecule has 170 valence electrons. The molecular formula is C27H23FN4O2. The highest BCUT2D eigenvalue weighted by Crippen LogP contribution is 2.39. The molecule has 6 rings (SSSR count). The molecular weight excluding hydrogens is 431 g/mol. The van der Waals surface area contributed by atoms with Gasteiger partial charge in [0.25, 0.3) is 0 Å². The van der Waals surface area contributed by atoms with Gasteiger partial charge in [0.1, 0.15) is 23.6 Å². The normalized spacial score (nSPS) is 17.4. The maximum atomic E-state index is 13.7. The van der Waals surface area contributed by atoms with Crippen molar-refractivity contribution in [3.05, 3.63) is 79.0 Å². The number of benzene rings is 2. The summed E-state index contributed by atoms with van der Waals surface area (Å²) in [4.78, 5) is 8.98. The monoisotopic (exact) mass is 454 g/mol. The average molecular weight is 455 g/mol. The highest BCUT2D eigenvalue weighted by atomic mass is 19.1. The Bertz CT molecular complexity index is 1470. The summed E-state index contributed by atoms with van der Waals surface area (Å²) >= 11 is 0. The van der Waals surface area contributed by atoms with E-state index < -0.39 is 0 Å². The maximum absolute atomic E-state index is 13.7. The molecule has 1 saturated heterocycles. The molecule has 0 N–H and O–H groups in total. The first-order valence-electron chi connectivity index (χ1n) is 11.3. The minimum absolute atomic E-state index is 0.101. The zero-order chi connectivity index (χ0) is 23.3. The number of hydrogen-bond donors (Lipinski definition) is 0. The van der Waals surface area contributed by atoms with Crippen molar-refractivity contribution in [3.63, 3.8) is 0 Å². The van der Waals surface area contributed by atoms with E-state index in [4.69, 9.17) is 14.3 Å². The van der Waals surface area contributed by atoms with E-state index in [-0.39, 0.29) is 17.5 Å². The fourth-order valence-electron chi connectivity index (χ4n) is 4.56. The van der Waals surface area contributed by atoms with Crippen molar-refractivity contribution < 1.29 is 13.5 Å². The maximum Gasteiger partial charge on any atom is 0.230 e. The summed E-state index contributed by atoms with van der Waals surface area (Å²) in [5.74, 6) is 0.432. The van der Waals surface area contributed by atoms with Gasteiger partial charge in [0.15, 0.2) is 0 Å². The third-order valence-corrected chi connectivity index (χ3v) is 6.26. The van der Waals surface area contributed by atoms with Gasteiger partial charge in [0.05, 0.1) is 29.3 Å². The molecule has 7 heteroatoms. The minimum Gasteiger partial charge on any atom is -0.438 e. The SMILES string of the molecule is CC1(C)C[C@@H](n2cc(-c3ncnc4oc(-c5ccccc5)cc34)c(-c3ccc(F)cc3)n2)CO1. The number of ether oxygens (including phenoxy) is 1. The van der Waals surface area contributed by atoms with Crippen molar-refractivity contribution in [3.8, 4) is 33.8 Å². The van der Waals surface area contributed by atoms with Crippen molar-refractivity contribution in [1.82, 2.24) is 19.7 Å². The Labute approximate surface area is 196 Å². The van der Waals surface area contributed by atoms with Gasteiger partial charge in [0, 0.05) is 29.3 Å². The number of fused-ring (bicyclic) bond motifs is 1. The first-order chi connectivity index (χ1) is 16.5. The molecule has 6 nitrogen and oxygen atoms in total. The highest BCUT2D eigenvalue weighted by Gasteiger charge is 2.34. The quantitative estimate of drug-likeness (QED) is 0.319. The van der Waals surface area contributed by atoms with Crippen LogP contribution in [-0.4, -0.2) is 32.0 Å². The fraction of sp³-hybridized carbons (Fsp3) is 0.222. The molecule has 0 amide bonds. The molecule has 0 radical (unpaired) electrons. The van der Waals surface area contributed by atoms with Gasteiger partial charge in [-0.05, 0) is 44.2 Å². The third-order valence-electron chi connectivity index (χ3n) is 6.26. The topological polar surface area (TPSA) is 66.0 Å². The van der Waals surface area contributed by atoms with Crippen LogP contribution in [0.2, 0.25) is 0 Å². The van der Waals surface area contributed by atoms with Gasteiger partial charge in [-0.15, -0.1) is 0 Å². The van der Waals surface area contributed by atoms with Gasteiger partial charge in [-0.3, -0.25) is 4.68 Å². The summed E-state index contributed by atoms with van der Waals surface area (Å²) in [6.45, 7) is 4.76. The van der Waals surface area contributed by atoms with Crippen LogP contribution in [0, 0.1) is 5.82 Å². The predicted molar refractivity (Wildman–Crippen MR) is 128 cm³/mol. The van der Waals surface area contributed by atoms with Gasteiger partial charge in [-0.25, -0.2) is 14.4 Å². The fourth-order valence-corrected chi connectivity index (χ4v) is 4.56. The van der Waals surface area contributed by atoms with Crippen LogP contribution < -0.4 is 0 Å². The summed E-state index contributed by atoms with van der Waals surface area (Å²) in [7, 11) is 0. The van der Waals surface area contributed by atoms with Crippen molar-refractivity contribution in [2.45, 2.75) is 31.9 Å². The molecule has 0 saturated carbocycles. The lowest BCUT2D eigenvalue weighted by molar-refractivity contribution is 0.0350. The van der Waals surface area contributed by atoms with Crippen molar-refractivity contribution in [2.24, 2.45) is 0 Å². The van der Waals surface area contributed by atoms with Crippen molar-refractivity contribution in [1.29, 1.82) is 0 Å². The molecule has 4 heterocycles. The van der Waals surface area contributed by atoms with Crippen LogP contribution >= 0.6 is 0 Å². The Morgan fingerprint density at radius 1 is 0.971 bits per heavy atom. The van der Waals surface area contributed by atoms with Crippen LogP contribution in [0.4, 0.5) is 4.39 Å². The Morgan fingerprint density at radius 3 is 2.50 bits per heavy atom. The second-order valence-corrected chi connectivity index (χ2v) is 9.22. The summed E-state index contributed by atoms with van der Waals surface area (Å²) in [6, 6.07) is 18.3. The van der Waals surface area contributed by atoms with E-state index in [2.05, 4.69) is 23.8 Å². The lowest BCUT2D eigenvalue weighted by Crippen LogP contribution is -2.17. The van der Waals surface area contributed by atoms with E-state index >= 15 is 0 Å². The lowest BCUT2D eigenvalue weighted by atomic mass is 10.0. The van der Waals surface area contributed by atoms with Crippen LogP contribution in [-0.2, 0) is 4.74 Å². The Balaban J connectivity index is 1.52. The van der Waals surface area contributed by atoms with Gasteiger partial charge >= 0.3 is 0 Å². The van der Waals surface area contributed by atoms with Crippen LogP contribution in [0.1, 0.15) is 26.3 Å². The molecule has 1 atom stereocenters. The van der Waals surface area contributed by atoms with E-state index in [1.165, 1.54) is 18.5 Å². The first-order valence-corrected chi connectivity index (χ1v) is 11.3. The zero-order valence-electron chi connectivity index (χ0n) is 18.9. The second kappa shape index (κ2) is 7.88. The standard InChI is InChI=1S/C27H23FN4O2/c1-27(2)13-20(15-33-27)32-14-22(24(31-32)18-8-10-19(28)11-9-18)25-21-12-23(17-6-4-3-5-7-17)34-26(21)30-16-29-25/h3-12,14,16,20H,13,15H2,1-2H3/t20-/m1/s1. The number of aromatic nitrogens is 4. The first kappa shape index (κ1) is 20.7. The number of hydrogen-bond acceptors (Lipinski definition) is 5. The van der Waals surface area contributed by atoms with Gasteiger partial charge in [-0.2, -0.15) is 5.10 Å². The zero-order valence-corrected chi connectivity index (χ0v) is 18.9. The molecule has 0 aliphatic carbocycles. The van der Waals surface area contributed by atoms with E-state index in [1.807, 2.05) is 47.3 Å². The minimum atomic E-state index is -0.289. The molecule has 2 aromatic carbocycles. The molecule has 1 aliphatic rings. The van der Waals surface area contributed by atoms with Crippen molar-refractivity contribution in [2.75, 3.05) is 6.61 Å². The van der Waals surface area contributed by atoms with Crippen LogP contribution in [0.25, 0.3) is 44.9 Å². The predicted octanol–water partition coefficient (Wildman–Crippen LogP) is 6.30. The van der Waals surface area contributed by atoms with Crippen LogP contribution in [0.5, 0.6) is 0 Å². The van der Waals surface area contributed by atoms with Gasteiger partial charge in [-0.1, -0.05) is 30.3 Å². The number of halogens is 1. The smallest absolute Gasteiger partial charge is 0.230 e. The molecule has 34 heavy (non-hydrogen) atoms. The molecule has 1 aliphatic heterocycles. The summed E-state index contributed by atoms with van der Waals surface area (Å²) in [5, 5.41) is 5.73. The largest absolute Gasteiger partial charge is 0.438 e. The van der Waals surface area contributed by atoms with E-state index in [1.54, 1.807) is 12.1 Å². The Morgan fingerprint density at radius 2 is 1.76 bits per heavy atom. The highest BCUT2D eigenvalue weighted by molar-refractivity contribution is 5.95. The molecule has 0 spiro atoms. The second-order valence-electron chi connectivity index (χ2n) is 9.22. The number of rotatable bonds is 4. The lowest BCUT2D eigenvalue weighted by Gasteiger charge is -2.15. The van der Waals surface area contributed by atoms with E-state index in [0.717, 1.165) is 45.6 Å². The van der Waals surface area contributed by atoms with Gasteiger partial charge < -0.3 is 9.15 Å². The number of nitrogens with zero attached hydrogens (tertiary/aromatic N) is 4.